The first-order valence-corrected chi connectivity index (χ1v) is 9.11. The molecule has 4 aromatic rings. The lowest BCUT2D eigenvalue weighted by Crippen LogP contribution is -2.08. The smallest absolute Gasteiger partial charge is 0.139 e. The lowest BCUT2D eigenvalue weighted by molar-refractivity contribution is 0.306. The topological polar surface area (TPSA) is 31.4 Å². The fourth-order valence-electron chi connectivity index (χ4n) is 3.61. The van der Waals surface area contributed by atoms with Crippen molar-refractivity contribution in [3.05, 3.63) is 77.3 Å². The molecule has 0 radical (unpaired) electrons. The van der Waals surface area contributed by atoms with E-state index in [-0.39, 0.29) is 0 Å². The Morgan fingerprint density at radius 2 is 1.81 bits per heavy atom. The van der Waals surface area contributed by atoms with E-state index < -0.39 is 0 Å². The van der Waals surface area contributed by atoms with Crippen LogP contribution in [0.4, 0.5) is 0 Å². The molecule has 0 amide bonds. The van der Waals surface area contributed by atoms with Gasteiger partial charge < -0.3 is 9.47 Å². The van der Waals surface area contributed by atoms with Gasteiger partial charge in [-0.25, -0.2) is 4.98 Å². The highest BCUT2D eigenvalue weighted by atomic mass is 35.5. The molecule has 27 heavy (non-hydrogen) atoms. The summed E-state index contributed by atoms with van der Waals surface area (Å²) in [5, 5.41) is 1.63. The minimum absolute atomic E-state index is 0.549. The summed E-state index contributed by atoms with van der Waals surface area (Å²) in [6.45, 7) is 0.549. The zero-order valence-corrected chi connectivity index (χ0v) is 15.5. The van der Waals surface area contributed by atoms with E-state index in [1.807, 2.05) is 48.5 Å². The van der Waals surface area contributed by atoms with E-state index in [4.69, 9.17) is 26.1 Å². The van der Waals surface area contributed by atoms with Gasteiger partial charge in [-0.3, -0.25) is 0 Å². The van der Waals surface area contributed by atoms with Gasteiger partial charge in [0.1, 0.15) is 18.1 Å². The highest BCUT2D eigenvalue weighted by Gasteiger charge is 2.25. The second-order valence-corrected chi connectivity index (χ2v) is 6.94. The number of nitrogens with zero attached hydrogens (tertiary/aromatic N) is 1. The molecule has 0 spiro atoms. The van der Waals surface area contributed by atoms with Crippen LogP contribution in [0.5, 0.6) is 11.5 Å². The summed E-state index contributed by atoms with van der Waals surface area (Å²) in [5.74, 6) is 1.68. The number of aromatic nitrogens is 1. The fourth-order valence-corrected chi connectivity index (χ4v) is 3.77. The van der Waals surface area contributed by atoms with E-state index in [0.717, 1.165) is 50.3 Å². The van der Waals surface area contributed by atoms with Crippen LogP contribution in [-0.2, 0) is 6.61 Å². The fraction of sp³-hybridized carbons (Fsp3) is 0.0870. The quantitative estimate of drug-likeness (QED) is 0.424. The van der Waals surface area contributed by atoms with E-state index in [2.05, 4.69) is 18.2 Å². The number of ether oxygens (including phenoxy) is 2. The van der Waals surface area contributed by atoms with Crippen molar-refractivity contribution < 1.29 is 9.47 Å². The Kier molecular flexibility index (Phi) is 3.76. The lowest BCUT2D eigenvalue weighted by Gasteiger charge is -2.24. The third kappa shape index (κ3) is 2.63. The van der Waals surface area contributed by atoms with Crippen LogP contribution in [0.3, 0.4) is 0 Å². The average molecular weight is 374 g/mol. The number of methoxy groups -OCH3 is 1. The van der Waals surface area contributed by atoms with Crippen LogP contribution >= 0.6 is 11.6 Å². The van der Waals surface area contributed by atoms with Crippen molar-refractivity contribution in [3.8, 4) is 33.9 Å². The van der Waals surface area contributed by atoms with Gasteiger partial charge in [-0.15, -0.1) is 0 Å². The molecule has 132 valence electrons. The lowest BCUT2D eigenvalue weighted by atomic mass is 9.91. The standard InChI is InChI=1S/C23H16ClNO2/c1-26-17-9-6-14(7-10-17)22-21-18-5-3-2-4-15(18)13-27-23(21)19-11-8-16(24)12-20(19)25-22/h2-12H,13H2,1H3. The van der Waals surface area contributed by atoms with Crippen LogP contribution < -0.4 is 9.47 Å². The summed E-state index contributed by atoms with van der Waals surface area (Å²) in [7, 11) is 1.66. The van der Waals surface area contributed by atoms with Crippen LogP contribution in [0.15, 0.2) is 66.7 Å². The molecule has 2 heterocycles. The number of hydrogen-bond acceptors (Lipinski definition) is 3. The van der Waals surface area contributed by atoms with Gasteiger partial charge in [0.15, 0.2) is 0 Å². The molecule has 0 saturated heterocycles. The molecule has 0 N–H and O–H groups in total. The summed E-state index contributed by atoms with van der Waals surface area (Å²) in [4.78, 5) is 4.97. The first-order chi connectivity index (χ1) is 13.2. The Morgan fingerprint density at radius 1 is 1.00 bits per heavy atom. The van der Waals surface area contributed by atoms with Gasteiger partial charge in [-0.2, -0.15) is 0 Å². The first kappa shape index (κ1) is 16.2. The Morgan fingerprint density at radius 3 is 2.63 bits per heavy atom. The van der Waals surface area contributed by atoms with Crippen LogP contribution in [0, 0.1) is 0 Å². The molecule has 0 unspecified atom stereocenters. The predicted molar refractivity (Wildman–Crippen MR) is 109 cm³/mol. The van der Waals surface area contributed by atoms with Crippen molar-refractivity contribution in [2.75, 3.05) is 7.11 Å². The van der Waals surface area contributed by atoms with E-state index in [1.54, 1.807) is 7.11 Å². The van der Waals surface area contributed by atoms with Gasteiger partial charge in [0.05, 0.1) is 23.9 Å². The molecule has 3 aromatic carbocycles. The van der Waals surface area contributed by atoms with Gasteiger partial charge in [0, 0.05) is 16.0 Å². The number of pyridine rings is 1. The van der Waals surface area contributed by atoms with Gasteiger partial charge >= 0.3 is 0 Å². The molecule has 1 aliphatic rings. The van der Waals surface area contributed by atoms with Gasteiger partial charge in [-0.1, -0.05) is 35.9 Å². The Bertz CT molecular complexity index is 1170. The van der Waals surface area contributed by atoms with E-state index >= 15 is 0 Å². The highest BCUT2D eigenvalue weighted by Crippen LogP contribution is 2.47. The summed E-state index contributed by atoms with van der Waals surface area (Å²) in [5.41, 5.74) is 6.07. The Balaban J connectivity index is 1.86. The minimum atomic E-state index is 0.549. The van der Waals surface area contributed by atoms with Gasteiger partial charge in [0.25, 0.3) is 0 Å². The van der Waals surface area contributed by atoms with Crippen LogP contribution in [0.25, 0.3) is 33.3 Å². The molecule has 1 aromatic heterocycles. The van der Waals surface area contributed by atoms with E-state index in [9.17, 15) is 0 Å². The van der Waals surface area contributed by atoms with Crippen molar-refractivity contribution in [1.82, 2.24) is 4.98 Å². The first-order valence-electron chi connectivity index (χ1n) is 8.73. The maximum Gasteiger partial charge on any atom is 0.139 e. The van der Waals surface area contributed by atoms with E-state index in [0.29, 0.717) is 11.6 Å². The zero-order chi connectivity index (χ0) is 18.4. The molecular weight excluding hydrogens is 358 g/mol. The third-order valence-electron chi connectivity index (χ3n) is 4.92. The molecular formula is C23H16ClNO2. The molecule has 0 fully saturated rings. The van der Waals surface area contributed by atoms with Crippen LogP contribution in [0.1, 0.15) is 5.56 Å². The Labute approximate surface area is 162 Å². The van der Waals surface area contributed by atoms with Gasteiger partial charge in [-0.05, 0) is 53.6 Å². The van der Waals surface area contributed by atoms with Crippen molar-refractivity contribution in [2.45, 2.75) is 6.61 Å². The van der Waals surface area contributed by atoms with Crippen molar-refractivity contribution in [3.63, 3.8) is 0 Å². The number of benzene rings is 3. The van der Waals surface area contributed by atoms with Crippen molar-refractivity contribution in [1.29, 1.82) is 0 Å². The maximum absolute atomic E-state index is 6.22. The molecule has 3 nitrogen and oxygen atoms in total. The molecule has 0 aliphatic carbocycles. The monoisotopic (exact) mass is 373 g/mol. The average Bonchev–Trinajstić information content (AvgIpc) is 2.72. The number of rotatable bonds is 2. The van der Waals surface area contributed by atoms with Gasteiger partial charge in [0.2, 0.25) is 0 Å². The Hall–Kier alpha value is -3.04. The van der Waals surface area contributed by atoms with E-state index in [1.165, 1.54) is 0 Å². The number of fused-ring (bicyclic) bond motifs is 5. The summed E-state index contributed by atoms with van der Waals surface area (Å²) >= 11 is 6.22. The zero-order valence-electron chi connectivity index (χ0n) is 14.7. The molecule has 0 saturated carbocycles. The minimum Gasteiger partial charge on any atom is -0.497 e. The molecule has 0 bridgehead atoms. The number of halogens is 1. The summed E-state index contributed by atoms with van der Waals surface area (Å²) < 4.78 is 11.5. The second-order valence-electron chi connectivity index (χ2n) is 6.50. The SMILES string of the molecule is COc1ccc(-c2nc3cc(Cl)ccc3c3c2-c2ccccc2CO3)cc1. The second kappa shape index (κ2) is 6.29. The van der Waals surface area contributed by atoms with Crippen LogP contribution in [-0.4, -0.2) is 12.1 Å². The molecule has 0 atom stereocenters. The largest absolute Gasteiger partial charge is 0.497 e. The maximum atomic E-state index is 6.22. The van der Waals surface area contributed by atoms with Crippen molar-refractivity contribution >= 4 is 22.5 Å². The predicted octanol–water partition coefficient (Wildman–Crippen LogP) is 6.12. The molecule has 1 aliphatic heterocycles. The van der Waals surface area contributed by atoms with Crippen molar-refractivity contribution in [2.24, 2.45) is 0 Å². The summed E-state index contributed by atoms with van der Waals surface area (Å²) in [6, 6.07) is 22.0. The third-order valence-corrected chi connectivity index (χ3v) is 5.16. The normalized spacial score (nSPS) is 12.2. The summed E-state index contributed by atoms with van der Waals surface area (Å²) in [6.07, 6.45) is 0. The molecule has 5 rings (SSSR count). The highest BCUT2D eigenvalue weighted by molar-refractivity contribution is 6.31. The van der Waals surface area contributed by atoms with Crippen LogP contribution in [0.2, 0.25) is 5.02 Å². The number of hydrogen-bond donors (Lipinski definition) is 0. The molecule has 4 heteroatoms.